The van der Waals surface area contributed by atoms with Gasteiger partial charge < -0.3 is 18.7 Å². The summed E-state index contributed by atoms with van der Waals surface area (Å²) in [5, 5.41) is 13.1. The third kappa shape index (κ3) is 4.49. The zero-order valence-electron chi connectivity index (χ0n) is 18.5. The summed E-state index contributed by atoms with van der Waals surface area (Å²) in [7, 11) is 0. The van der Waals surface area contributed by atoms with Crippen molar-refractivity contribution in [2.75, 3.05) is 18.0 Å². The molecule has 2 aliphatic rings. The lowest BCUT2D eigenvalue weighted by molar-refractivity contribution is 0.0245. The molecule has 6 rings (SSSR count). The first-order valence-corrected chi connectivity index (χ1v) is 12.1. The highest BCUT2D eigenvalue weighted by Crippen LogP contribution is 2.46. The predicted molar refractivity (Wildman–Crippen MR) is 127 cm³/mol. The molecule has 0 amide bonds. The van der Waals surface area contributed by atoms with Crippen molar-refractivity contribution in [1.82, 2.24) is 20.5 Å². The fraction of sp³-hybridized carbons (Fsp3) is 0.391. The van der Waals surface area contributed by atoms with Crippen LogP contribution in [0.1, 0.15) is 42.9 Å². The van der Waals surface area contributed by atoms with Gasteiger partial charge in [-0.25, -0.2) is 4.79 Å². The van der Waals surface area contributed by atoms with Crippen LogP contribution in [0.15, 0.2) is 42.6 Å². The van der Waals surface area contributed by atoms with Gasteiger partial charge in [0, 0.05) is 36.2 Å². The zero-order chi connectivity index (χ0) is 23.9. The summed E-state index contributed by atoms with van der Waals surface area (Å²) in [6.07, 6.45) is 3.86. The largest absolute Gasteiger partial charge is 0.439 e. The topological polar surface area (TPSA) is 123 Å². The van der Waals surface area contributed by atoms with Crippen LogP contribution in [-0.4, -0.2) is 39.6 Å². The van der Waals surface area contributed by atoms with E-state index in [4.69, 9.17) is 37.0 Å². The van der Waals surface area contributed by atoms with Crippen molar-refractivity contribution in [3.05, 3.63) is 56.2 Å². The molecule has 1 N–H and O–H groups in total. The Morgan fingerprint density at radius 1 is 1.03 bits per heavy atom. The highest BCUT2D eigenvalue weighted by molar-refractivity contribution is 6.39. The van der Waals surface area contributed by atoms with E-state index in [-0.39, 0.29) is 11.9 Å². The normalized spacial score (nSPS) is 16.8. The molecule has 1 aromatic carbocycles. The lowest BCUT2D eigenvalue weighted by Crippen LogP contribution is -2.37. The molecule has 12 heteroatoms. The fourth-order valence-electron chi connectivity index (χ4n) is 4.36. The molecule has 2 fully saturated rings. The molecular formula is C23H21Cl2N5O5. The van der Waals surface area contributed by atoms with Crippen LogP contribution in [0, 0.1) is 0 Å². The Kier molecular flexibility index (Phi) is 5.87. The number of hydrogen-bond acceptors (Lipinski definition) is 9. The van der Waals surface area contributed by atoms with Crippen LogP contribution in [0.25, 0.3) is 22.8 Å². The second-order valence-electron chi connectivity index (χ2n) is 8.74. The Balaban J connectivity index is 1.12. The molecule has 1 aliphatic carbocycles. The third-order valence-electron chi connectivity index (χ3n) is 6.37. The van der Waals surface area contributed by atoms with E-state index in [9.17, 15) is 4.79 Å². The maximum absolute atomic E-state index is 11.2. The quantitative estimate of drug-likeness (QED) is 0.358. The van der Waals surface area contributed by atoms with Gasteiger partial charge in [-0.1, -0.05) is 44.7 Å². The molecule has 4 heterocycles. The molecule has 0 bridgehead atoms. The Hall–Kier alpha value is -3.08. The number of halogens is 2. The third-order valence-corrected chi connectivity index (χ3v) is 7.00. The molecule has 3 aromatic heterocycles. The average Bonchev–Trinajstić information content (AvgIpc) is 3.23. The number of benzene rings is 1. The molecule has 0 spiro atoms. The molecule has 4 aromatic rings. The molecule has 35 heavy (non-hydrogen) atoms. The number of ether oxygens (including phenoxy) is 1. The van der Waals surface area contributed by atoms with Crippen molar-refractivity contribution in [3.63, 3.8) is 0 Å². The van der Waals surface area contributed by atoms with Crippen LogP contribution < -0.4 is 10.7 Å². The van der Waals surface area contributed by atoms with Crippen LogP contribution >= 0.6 is 23.2 Å². The van der Waals surface area contributed by atoms with Crippen molar-refractivity contribution in [2.45, 2.75) is 44.3 Å². The van der Waals surface area contributed by atoms with Crippen molar-refractivity contribution in [2.24, 2.45) is 0 Å². The predicted octanol–water partition coefficient (Wildman–Crippen LogP) is 5.04. The van der Waals surface area contributed by atoms with Gasteiger partial charge in [0.25, 0.3) is 0 Å². The van der Waals surface area contributed by atoms with E-state index in [0.29, 0.717) is 45.4 Å². The minimum Gasteiger partial charge on any atom is -0.373 e. The summed E-state index contributed by atoms with van der Waals surface area (Å²) in [6.45, 7) is 1.87. The molecule has 1 aliphatic heterocycles. The highest BCUT2D eigenvalue weighted by atomic mass is 35.5. The van der Waals surface area contributed by atoms with Gasteiger partial charge in [0.1, 0.15) is 11.5 Å². The number of H-pyrrole nitrogens is 1. The summed E-state index contributed by atoms with van der Waals surface area (Å²) in [4.78, 5) is 15.7. The first kappa shape index (κ1) is 22.4. The molecule has 182 valence electrons. The summed E-state index contributed by atoms with van der Waals surface area (Å²) in [5.74, 6) is 1.83. The van der Waals surface area contributed by atoms with Crippen LogP contribution in [-0.2, 0) is 11.3 Å². The standard InChI is InChI=1S/C23H21Cl2N5O5/c24-15-2-1-3-16(25)19(15)20-14(21(34-28-20)12-4-5-12)11-32-13-6-8-30(9-7-13)18-10-17(33-27-18)22-26-23(31)35-29-22/h1-3,10,12-13H,4-9,11H2,(H,26,29,31). The molecule has 1 saturated heterocycles. The number of piperidine rings is 1. The van der Waals surface area contributed by atoms with E-state index < -0.39 is 5.76 Å². The van der Waals surface area contributed by atoms with E-state index in [1.807, 2.05) is 6.07 Å². The maximum atomic E-state index is 11.2. The van der Waals surface area contributed by atoms with E-state index in [1.165, 1.54) is 0 Å². The molecule has 0 atom stereocenters. The van der Waals surface area contributed by atoms with Crippen LogP contribution in [0.3, 0.4) is 0 Å². The van der Waals surface area contributed by atoms with Crippen molar-refractivity contribution in [3.8, 4) is 22.8 Å². The molecule has 10 nitrogen and oxygen atoms in total. The molecule has 0 radical (unpaired) electrons. The SMILES string of the molecule is O=c1[nH]c(-c2cc(N3CCC(OCc4c(-c5c(Cl)cccc5Cl)noc4C4CC4)CC3)no2)no1. The monoisotopic (exact) mass is 517 g/mol. The Morgan fingerprint density at radius 3 is 2.49 bits per heavy atom. The van der Waals surface area contributed by atoms with Gasteiger partial charge in [-0.05, 0) is 37.8 Å². The van der Waals surface area contributed by atoms with Crippen molar-refractivity contribution in [1.29, 1.82) is 0 Å². The number of hydrogen-bond donors (Lipinski definition) is 1. The second kappa shape index (κ2) is 9.18. The maximum Gasteiger partial charge on any atom is 0.439 e. The number of aromatic amines is 1. The Labute approximate surface area is 209 Å². The average molecular weight is 518 g/mol. The summed E-state index contributed by atoms with van der Waals surface area (Å²) in [6, 6.07) is 7.13. The van der Waals surface area contributed by atoms with E-state index >= 15 is 0 Å². The highest BCUT2D eigenvalue weighted by Gasteiger charge is 2.34. The lowest BCUT2D eigenvalue weighted by atomic mass is 10.0. The van der Waals surface area contributed by atoms with Gasteiger partial charge in [-0.2, -0.15) is 0 Å². The number of nitrogens with zero attached hydrogens (tertiary/aromatic N) is 4. The zero-order valence-corrected chi connectivity index (χ0v) is 20.0. The summed E-state index contributed by atoms with van der Waals surface area (Å²) < 4.78 is 21.9. The smallest absolute Gasteiger partial charge is 0.373 e. The number of aromatic nitrogens is 4. The minimum absolute atomic E-state index is 0.0704. The molecule has 1 saturated carbocycles. The van der Waals surface area contributed by atoms with Crippen LogP contribution in [0.2, 0.25) is 10.0 Å². The van der Waals surface area contributed by atoms with Gasteiger partial charge in [0.15, 0.2) is 5.82 Å². The first-order valence-electron chi connectivity index (χ1n) is 11.4. The fourth-order valence-corrected chi connectivity index (χ4v) is 4.94. The van der Waals surface area contributed by atoms with E-state index in [2.05, 4.69) is 29.9 Å². The Bertz CT molecular complexity index is 1380. The van der Waals surface area contributed by atoms with Crippen molar-refractivity contribution < 1.29 is 18.3 Å². The van der Waals surface area contributed by atoms with Gasteiger partial charge in [0.05, 0.1) is 22.8 Å². The Morgan fingerprint density at radius 2 is 1.80 bits per heavy atom. The summed E-state index contributed by atoms with van der Waals surface area (Å²) >= 11 is 12.9. The van der Waals surface area contributed by atoms with Crippen molar-refractivity contribution >= 4 is 29.0 Å². The number of anilines is 1. The first-order chi connectivity index (χ1) is 17.1. The van der Waals surface area contributed by atoms with Gasteiger partial charge in [-0.15, -0.1) is 0 Å². The second-order valence-corrected chi connectivity index (χ2v) is 9.55. The van der Waals surface area contributed by atoms with Gasteiger partial charge >= 0.3 is 5.76 Å². The minimum atomic E-state index is -0.645. The number of nitrogens with one attached hydrogen (secondary N) is 1. The molecule has 0 unspecified atom stereocenters. The lowest BCUT2D eigenvalue weighted by Gasteiger charge is -2.31. The van der Waals surface area contributed by atoms with Crippen LogP contribution in [0.4, 0.5) is 5.82 Å². The number of rotatable bonds is 7. The van der Waals surface area contributed by atoms with E-state index in [0.717, 1.165) is 50.1 Å². The summed E-state index contributed by atoms with van der Waals surface area (Å²) in [5.41, 5.74) is 2.25. The van der Waals surface area contributed by atoms with Gasteiger partial charge in [0.2, 0.25) is 11.6 Å². The van der Waals surface area contributed by atoms with E-state index in [1.54, 1.807) is 18.2 Å². The molecular weight excluding hydrogens is 497 g/mol. The van der Waals surface area contributed by atoms with Crippen LogP contribution in [0.5, 0.6) is 0 Å². The van der Waals surface area contributed by atoms with Gasteiger partial charge in [-0.3, -0.25) is 9.51 Å².